The molecular formula is C6H12N2O3. The van der Waals surface area contributed by atoms with Crippen LogP contribution in [-0.2, 0) is 9.53 Å². The van der Waals surface area contributed by atoms with Gasteiger partial charge in [0.2, 0.25) is 5.91 Å². The van der Waals surface area contributed by atoms with Gasteiger partial charge in [0.1, 0.15) is 0 Å². The summed E-state index contributed by atoms with van der Waals surface area (Å²) in [6.07, 6.45) is -0.519. The predicted molar refractivity (Wildman–Crippen MR) is 37.8 cm³/mol. The lowest BCUT2D eigenvalue weighted by molar-refractivity contribution is -0.117. The smallest absolute Gasteiger partial charge is 0.231 e. The van der Waals surface area contributed by atoms with E-state index in [0.717, 1.165) is 0 Å². The zero-order valence-electron chi connectivity index (χ0n) is 6.12. The van der Waals surface area contributed by atoms with Crippen LogP contribution < -0.4 is 11.1 Å². The summed E-state index contributed by atoms with van der Waals surface area (Å²) in [7, 11) is 0. The van der Waals surface area contributed by atoms with Gasteiger partial charge in [-0.3, -0.25) is 4.79 Å². The number of primary amides is 1. The number of carbonyl (C=O) groups is 1. The van der Waals surface area contributed by atoms with Gasteiger partial charge in [-0.15, -0.1) is 0 Å². The van der Waals surface area contributed by atoms with E-state index in [0.29, 0.717) is 13.2 Å². The van der Waals surface area contributed by atoms with E-state index in [1.54, 1.807) is 0 Å². The van der Waals surface area contributed by atoms with Gasteiger partial charge in [-0.1, -0.05) is 0 Å². The molecule has 0 aromatic carbocycles. The molecule has 0 bridgehead atoms. The minimum absolute atomic E-state index is 0.0884. The highest BCUT2D eigenvalue weighted by Gasteiger charge is 2.25. The van der Waals surface area contributed by atoms with Crippen LogP contribution in [0.2, 0.25) is 0 Å². The van der Waals surface area contributed by atoms with Crippen LogP contribution in [0.1, 0.15) is 0 Å². The van der Waals surface area contributed by atoms with Gasteiger partial charge in [-0.25, -0.2) is 0 Å². The van der Waals surface area contributed by atoms with Crippen molar-refractivity contribution in [3.05, 3.63) is 0 Å². The molecule has 1 aliphatic heterocycles. The Bertz CT molecular complexity index is 151. The molecule has 0 aromatic heterocycles. The zero-order chi connectivity index (χ0) is 8.27. The lowest BCUT2D eigenvalue weighted by Gasteiger charge is -2.12. The number of ether oxygens (including phenoxy) is 1. The third-order valence-corrected chi connectivity index (χ3v) is 1.59. The molecule has 1 fully saturated rings. The molecule has 64 valence electrons. The molecule has 0 aliphatic carbocycles. The number of aliphatic hydroxyl groups excluding tert-OH is 1. The largest absolute Gasteiger partial charge is 0.389 e. The molecule has 1 saturated heterocycles. The van der Waals surface area contributed by atoms with E-state index in [1.807, 2.05) is 0 Å². The minimum Gasteiger partial charge on any atom is -0.389 e. The van der Waals surface area contributed by atoms with E-state index in [-0.39, 0.29) is 12.6 Å². The molecule has 0 saturated carbocycles. The van der Waals surface area contributed by atoms with Crippen LogP contribution >= 0.6 is 0 Å². The van der Waals surface area contributed by atoms with E-state index >= 15 is 0 Å². The molecule has 5 heteroatoms. The van der Waals surface area contributed by atoms with Crippen LogP contribution in [0, 0.1) is 0 Å². The van der Waals surface area contributed by atoms with Crippen LogP contribution in [0.4, 0.5) is 0 Å². The van der Waals surface area contributed by atoms with E-state index in [9.17, 15) is 4.79 Å². The number of carbonyl (C=O) groups excluding carboxylic acids is 1. The van der Waals surface area contributed by atoms with Crippen molar-refractivity contribution in [2.75, 3.05) is 19.8 Å². The lowest BCUT2D eigenvalue weighted by Crippen LogP contribution is -2.43. The quantitative estimate of drug-likeness (QED) is 0.438. The third kappa shape index (κ3) is 2.45. The number of amides is 1. The molecule has 1 rings (SSSR count). The zero-order valence-corrected chi connectivity index (χ0v) is 6.12. The van der Waals surface area contributed by atoms with Crippen LogP contribution in [0.5, 0.6) is 0 Å². The third-order valence-electron chi connectivity index (χ3n) is 1.59. The molecule has 0 radical (unpaired) electrons. The summed E-state index contributed by atoms with van der Waals surface area (Å²) in [6, 6.07) is -0.150. The first-order chi connectivity index (χ1) is 5.20. The highest BCUT2D eigenvalue weighted by Crippen LogP contribution is 2.03. The van der Waals surface area contributed by atoms with Crippen LogP contribution in [0.15, 0.2) is 0 Å². The Labute approximate surface area is 64.5 Å². The van der Waals surface area contributed by atoms with Crippen molar-refractivity contribution >= 4 is 5.91 Å². The van der Waals surface area contributed by atoms with Crippen molar-refractivity contribution in [2.45, 2.75) is 12.1 Å². The number of nitrogens with two attached hydrogens (primary N) is 1. The van der Waals surface area contributed by atoms with E-state index in [2.05, 4.69) is 5.32 Å². The maximum atomic E-state index is 10.3. The summed E-state index contributed by atoms with van der Waals surface area (Å²) in [6.45, 7) is 0.857. The van der Waals surface area contributed by atoms with E-state index in [1.165, 1.54) is 0 Å². The summed E-state index contributed by atoms with van der Waals surface area (Å²) < 4.78 is 4.94. The molecule has 0 unspecified atom stereocenters. The van der Waals surface area contributed by atoms with Gasteiger partial charge >= 0.3 is 0 Å². The van der Waals surface area contributed by atoms with E-state index in [4.69, 9.17) is 15.6 Å². The van der Waals surface area contributed by atoms with Crippen LogP contribution in [-0.4, -0.2) is 42.9 Å². The van der Waals surface area contributed by atoms with Crippen LogP contribution in [0.25, 0.3) is 0 Å². The Hall–Kier alpha value is -0.650. The lowest BCUT2D eigenvalue weighted by atomic mass is 10.2. The Kier molecular flexibility index (Phi) is 2.81. The average molecular weight is 160 g/mol. The topological polar surface area (TPSA) is 84.6 Å². The summed E-state index contributed by atoms with van der Waals surface area (Å²) in [5, 5.41) is 11.9. The molecule has 4 N–H and O–H groups in total. The highest BCUT2D eigenvalue weighted by molar-refractivity contribution is 5.75. The maximum Gasteiger partial charge on any atom is 0.231 e. The highest BCUT2D eigenvalue weighted by atomic mass is 16.5. The summed E-state index contributed by atoms with van der Waals surface area (Å²) >= 11 is 0. The first kappa shape index (κ1) is 8.45. The van der Waals surface area contributed by atoms with Gasteiger partial charge in [0.05, 0.1) is 31.9 Å². The second kappa shape index (κ2) is 3.66. The molecule has 1 aliphatic rings. The number of rotatable bonds is 3. The van der Waals surface area contributed by atoms with Crippen molar-refractivity contribution in [1.82, 2.24) is 5.32 Å². The molecule has 5 nitrogen and oxygen atoms in total. The Morgan fingerprint density at radius 3 is 2.91 bits per heavy atom. The van der Waals surface area contributed by atoms with Gasteiger partial charge in [0.15, 0.2) is 0 Å². The predicted octanol–water partition coefficient (Wildman–Crippen LogP) is -2.18. The Morgan fingerprint density at radius 1 is 1.73 bits per heavy atom. The van der Waals surface area contributed by atoms with E-state index < -0.39 is 12.0 Å². The van der Waals surface area contributed by atoms with Crippen molar-refractivity contribution in [2.24, 2.45) is 5.73 Å². The second-order valence-electron chi connectivity index (χ2n) is 2.56. The Morgan fingerprint density at radius 2 is 2.45 bits per heavy atom. The second-order valence-corrected chi connectivity index (χ2v) is 2.56. The Balaban J connectivity index is 2.20. The molecular weight excluding hydrogens is 148 g/mol. The summed E-state index contributed by atoms with van der Waals surface area (Å²) in [5.74, 6) is -0.427. The number of nitrogens with one attached hydrogen (secondary N) is 1. The molecule has 0 spiro atoms. The van der Waals surface area contributed by atoms with Crippen molar-refractivity contribution < 1.29 is 14.6 Å². The SMILES string of the molecule is NC(=O)CN[C@@H]1COC[C@H]1O. The fourth-order valence-corrected chi connectivity index (χ4v) is 0.970. The number of aliphatic hydroxyl groups is 1. The van der Waals surface area contributed by atoms with Gasteiger partial charge in [-0.05, 0) is 0 Å². The average Bonchev–Trinajstić information content (AvgIpc) is 2.31. The maximum absolute atomic E-state index is 10.3. The minimum atomic E-state index is -0.519. The molecule has 0 aromatic rings. The monoisotopic (exact) mass is 160 g/mol. The van der Waals surface area contributed by atoms with Gasteiger partial charge in [-0.2, -0.15) is 0 Å². The van der Waals surface area contributed by atoms with Crippen LogP contribution in [0.3, 0.4) is 0 Å². The molecule has 2 atom stereocenters. The summed E-state index contributed by atoms with van der Waals surface area (Å²) in [4.78, 5) is 10.3. The van der Waals surface area contributed by atoms with Gasteiger partial charge in [0, 0.05) is 0 Å². The number of hydrogen-bond acceptors (Lipinski definition) is 4. The summed E-state index contributed by atoms with van der Waals surface area (Å²) in [5.41, 5.74) is 4.89. The number of hydrogen-bond donors (Lipinski definition) is 3. The first-order valence-corrected chi connectivity index (χ1v) is 3.47. The molecule has 1 amide bonds. The normalized spacial score (nSPS) is 30.6. The van der Waals surface area contributed by atoms with Gasteiger partial charge in [0.25, 0.3) is 0 Å². The van der Waals surface area contributed by atoms with Crippen molar-refractivity contribution in [3.8, 4) is 0 Å². The van der Waals surface area contributed by atoms with Crippen molar-refractivity contribution in [1.29, 1.82) is 0 Å². The molecule has 11 heavy (non-hydrogen) atoms. The first-order valence-electron chi connectivity index (χ1n) is 3.47. The molecule has 1 heterocycles. The standard InChI is InChI=1S/C6H12N2O3/c7-6(10)1-8-4-2-11-3-5(4)9/h4-5,8-9H,1-3H2,(H2,7,10)/t4-,5-/m1/s1. The fourth-order valence-electron chi connectivity index (χ4n) is 0.970. The fraction of sp³-hybridized carbons (Fsp3) is 0.833. The van der Waals surface area contributed by atoms with Crippen molar-refractivity contribution in [3.63, 3.8) is 0 Å². The van der Waals surface area contributed by atoms with Gasteiger partial charge < -0.3 is 20.9 Å².